The van der Waals surface area contributed by atoms with Crippen molar-refractivity contribution in [1.82, 2.24) is 0 Å². The van der Waals surface area contributed by atoms with Crippen LogP contribution in [0.1, 0.15) is 5.56 Å². The van der Waals surface area contributed by atoms with Gasteiger partial charge in [-0.05, 0) is 35.1 Å². The van der Waals surface area contributed by atoms with E-state index in [4.69, 9.17) is 22.4 Å². The highest BCUT2D eigenvalue weighted by Crippen LogP contribution is 2.12. The van der Waals surface area contributed by atoms with E-state index in [-0.39, 0.29) is 0 Å². The average Bonchev–Trinajstić information content (AvgIpc) is 2.48. The fourth-order valence-corrected chi connectivity index (χ4v) is 3.13. The lowest BCUT2D eigenvalue weighted by atomic mass is 10.2. The van der Waals surface area contributed by atoms with Gasteiger partial charge in [-0.2, -0.15) is 0 Å². The van der Waals surface area contributed by atoms with Crippen molar-refractivity contribution < 1.29 is 0 Å². The molecule has 14 heavy (non-hydrogen) atoms. The third-order valence-electron chi connectivity index (χ3n) is 1.99. The summed E-state index contributed by atoms with van der Waals surface area (Å²) in [6.45, 7) is 0. The second kappa shape index (κ2) is 3.88. The van der Waals surface area contributed by atoms with E-state index in [0.29, 0.717) is 0 Å². The minimum absolute atomic E-state index is 0.788. The van der Waals surface area contributed by atoms with E-state index in [0.717, 1.165) is 11.5 Å². The maximum absolute atomic E-state index is 5.31. The van der Waals surface area contributed by atoms with Gasteiger partial charge in [0.2, 0.25) is 0 Å². The molecule has 0 aromatic heterocycles. The van der Waals surface area contributed by atoms with Gasteiger partial charge in [0.1, 0.15) is 0 Å². The lowest BCUT2D eigenvalue weighted by Crippen LogP contribution is -2.09. The summed E-state index contributed by atoms with van der Waals surface area (Å²) in [5.74, 6) is 0. The molecule has 0 amide bonds. The van der Waals surface area contributed by atoms with Crippen molar-refractivity contribution in [2.45, 2.75) is 6.42 Å². The van der Waals surface area contributed by atoms with E-state index in [2.05, 4.69) is 17.1 Å². The number of rotatable bonds is 2. The zero-order valence-corrected chi connectivity index (χ0v) is 9.87. The molecule has 0 aliphatic carbocycles. The predicted octanol–water partition coefficient (Wildman–Crippen LogP) is 2.19. The summed E-state index contributed by atoms with van der Waals surface area (Å²) in [4.78, 5) is 4.25. The van der Waals surface area contributed by atoms with Crippen molar-refractivity contribution in [3.8, 4) is 0 Å². The topological polar surface area (TPSA) is 12.4 Å². The van der Waals surface area contributed by atoms with Crippen molar-refractivity contribution in [2.75, 3.05) is 0 Å². The van der Waals surface area contributed by atoms with Crippen LogP contribution in [0.3, 0.4) is 0 Å². The number of hydrogen-bond donors (Lipinski definition) is 0. The van der Waals surface area contributed by atoms with Crippen LogP contribution in [-0.4, -0.2) is 5.04 Å². The van der Waals surface area contributed by atoms with Crippen LogP contribution in [-0.2, 0) is 35.9 Å². The van der Waals surface area contributed by atoms with Crippen molar-refractivity contribution in [1.29, 1.82) is 0 Å². The van der Waals surface area contributed by atoms with Crippen LogP contribution in [0.2, 0.25) is 0 Å². The van der Waals surface area contributed by atoms with Gasteiger partial charge in [0.25, 0.3) is 0 Å². The van der Waals surface area contributed by atoms with E-state index in [1.165, 1.54) is 5.56 Å². The van der Waals surface area contributed by atoms with Crippen LogP contribution in [0.4, 0.5) is 0 Å². The van der Waals surface area contributed by atoms with E-state index in [1.807, 2.05) is 23.6 Å². The molecule has 1 aromatic carbocycles. The van der Waals surface area contributed by atoms with Gasteiger partial charge in [-0.1, -0.05) is 30.3 Å². The summed E-state index contributed by atoms with van der Waals surface area (Å²) in [6.07, 6.45) is 2.53. The second-order valence-electron chi connectivity index (χ2n) is 3.02. The minimum atomic E-state index is -1.55. The molecule has 0 spiro atoms. The Morgan fingerprint density at radius 3 is 2.43 bits per heavy atom. The molecule has 1 heterocycles. The van der Waals surface area contributed by atoms with Crippen LogP contribution in [0.25, 0.3) is 0 Å². The third-order valence-corrected chi connectivity index (χ3v) is 5.19. The molecule has 1 aliphatic rings. The molecule has 0 bridgehead atoms. The summed E-state index contributed by atoms with van der Waals surface area (Å²) < 4.78 is 0. The van der Waals surface area contributed by atoms with Gasteiger partial charge in [0, 0.05) is 18.0 Å². The van der Waals surface area contributed by atoms with Crippen LogP contribution < -0.4 is 0 Å². The molecule has 4 heteroatoms. The Balaban J connectivity index is 2.23. The second-order valence-corrected chi connectivity index (χ2v) is 8.64. The van der Waals surface area contributed by atoms with Gasteiger partial charge >= 0.3 is 0 Å². The standard InChI is InChI=1S/C10H9NS3/c12-14(13)7-6-11-10(14)8-9-4-2-1-3-5-9/h1-7H,8H2. The van der Waals surface area contributed by atoms with E-state index in [9.17, 15) is 0 Å². The predicted molar refractivity (Wildman–Crippen MR) is 68.8 cm³/mol. The quantitative estimate of drug-likeness (QED) is 0.784. The number of benzene rings is 1. The van der Waals surface area contributed by atoms with Crippen molar-refractivity contribution in [3.05, 3.63) is 47.5 Å². The van der Waals surface area contributed by atoms with E-state index < -0.39 is 7.15 Å². The van der Waals surface area contributed by atoms with Crippen LogP contribution in [0, 0.1) is 0 Å². The summed E-state index contributed by atoms with van der Waals surface area (Å²) in [7, 11) is -1.55. The SMILES string of the molecule is S=S1(=S)C=CN=C1Cc1ccccc1. The highest BCUT2D eigenvalue weighted by molar-refractivity contribution is 8.64. The molecule has 0 atom stereocenters. The maximum atomic E-state index is 5.31. The van der Waals surface area contributed by atoms with E-state index >= 15 is 0 Å². The van der Waals surface area contributed by atoms with Crippen LogP contribution >= 0.6 is 0 Å². The van der Waals surface area contributed by atoms with Gasteiger partial charge in [-0.15, -0.1) is 0 Å². The highest BCUT2D eigenvalue weighted by atomic mass is 33.1. The van der Waals surface area contributed by atoms with E-state index in [1.54, 1.807) is 6.20 Å². The molecule has 1 aliphatic heterocycles. The fourth-order valence-electron chi connectivity index (χ4n) is 1.26. The van der Waals surface area contributed by atoms with Gasteiger partial charge in [-0.25, -0.2) is 0 Å². The Labute approximate surface area is 93.4 Å². The number of nitrogens with zero attached hydrogens (tertiary/aromatic N) is 1. The Hall–Kier alpha value is -0.580. The highest BCUT2D eigenvalue weighted by Gasteiger charge is 2.12. The first kappa shape index (κ1) is 9.96. The first-order chi connectivity index (χ1) is 6.68. The van der Waals surface area contributed by atoms with Crippen molar-refractivity contribution >= 4 is 34.6 Å². The monoisotopic (exact) mass is 239 g/mol. The Bertz CT molecular complexity index is 483. The molecule has 0 saturated heterocycles. The van der Waals surface area contributed by atoms with Gasteiger partial charge in [-0.3, -0.25) is 4.99 Å². The molecule has 0 radical (unpaired) electrons. The minimum Gasteiger partial charge on any atom is -0.253 e. The van der Waals surface area contributed by atoms with Crippen LogP contribution in [0.15, 0.2) is 46.9 Å². The molecule has 72 valence electrons. The average molecular weight is 239 g/mol. The lowest BCUT2D eigenvalue weighted by molar-refractivity contribution is 1.34. The Kier molecular flexibility index (Phi) is 2.76. The molecule has 0 fully saturated rings. The number of hydrogen-bond acceptors (Lipinski definition) is 3. The molecule has 2 rings (SSSR count). The zero-order chi connectivity index (χ0) is 10.0. The first-order valence-corrected chi connectivity index (χ1v) is 7.75. The fraction of sp³-hybridized carbons (Fsp3) is 0.100. The van der Waals surface area contributed by atoms with Gasteiger partial charge in [0.15, 0.2) is 0 Å². The Morgan fingerprint density at radius 1 is 1.14 bits per heavy atom. The summed E-state index contributed by atoms with van der Waals surface area (Å²) in [5.41, 5.74) is 1.22. The third kappa shape index (κ3) is 2.08. The van der Waals surface area contributed by atoms with Crippen LogP contribution in [0.5, 0.6) is 0 Å². The molecule has 0 saturated carbocycles. The lowest BCUT2D eigenvalue weighted by Gasteiger charge is -2.04. The summed E-state index contributed by atoms with van der Waals surface area (Å²) in [5, 5.41) is 2.84. The number of aliphatic imine (C=N–C) groups is 1. The normalized spacial score (nSPS) is 18.1. The van der Waals surface area contributed by atoms with Gasteiger partial charge in [0.05, 0.1) is 5.04 Å². The molecule has 1 nitrogen and oxygen atoms in total. The molecule has 0 N–H and O–H groups in total. The first-order valence-electron chi connectivity index (χ1n) is 4.21. The Morgan fingerprint density at radius 2 is 1.86 bits per heavy atom. The van der Waals surface area contributed by atoms with Crippen molar-refractivity contribution in [3.63, 3.8) is 0 Å². The van der Waals surface area contributed by atoms with Gasteiger partial charge < -0.3 is 0 Å². The summed E-state index contributed by atoms with van der Waals surface area (Å²) >= 11 is 10.6. The molecule has 1 aromatic rings. The maximum Gasteiger partial charge on any atom is 0.0895 e. The summed E-state index contributed by atoms with van der Waals surface area (Å²) in [6, 6.07) is 10.2. The molecule has 0 unspecified atom stereocenters. The van der Waals surface area contributed by atoms with Crippen molar-refractivity contribution in [2.24, 2.45) is 4.99 Å². The zero-order valence-electron chi connectivity index (χ0n) is 7.42. The largest absolute Gasteiger partial charge is 0.253 e. The smallest absolute Gasteiger partial charge is 0.0895 e. The molecular weight excluding hydrogens is 230 g/mol. The molecular formula is C10H9NS3.